The van der Waals surface area contributed by atoms with Crippen LogP contribution in [0.3, 0.4) is 0 Å². The zero-order chi connectivity index (χ0) is 21.6. The molecule has 0 unspecified atom stereocenters. The summed E-state index contributed by atoms with van der Waals surface area (Å²) < 4.78 is 0. The summed E-state index contributed by atoms with van der Waals surface area (Å²) in [6.45, 7) is 2.97. The molecule has 0 bridgehead atoms. The number of imide groups is 1. The smallest absolute Gasteiger partial charge is 0.238 e. The van der Waals surface area contributed by atoms with E-state index in [4.69, 9.17) is 0 Å². The van der Waals surface area contributed by atoms with Crippen molar-refractivity contribution in [3.05, 3.63) is 67.0 Å². The lowest BCUT2D eigenvalue weighted by Gasteiger charge is -2.27. The van der Waals surface area contributed by atoms with Crippen molar-refractivity contribution in [3.8, 4) is 11.1 Å². The molecule has 31 heavy (non-hydrogen) atoms. The van der Waals surface area contributed by atoms with Crippen molar-refractivity contribution in [2.24, 2.45) is 5.92 Å². The van der Waals surface area contributed by atoms with Gasteiger partial charge in [-0.3, -0.25) is 9.59 Å². The molecule has 158 valence electrons. The number of carbonyl (C=O) groups excluding carboxylic acids is 2. The maximum Gasteiger partial charge on any atom is 0.238 e. The van der Waals surface area contributed by atoms with E-state index in [9.17, 15) is 9.59 Å². The minimum Gasteiger partial charge on any atom is -0.340 e. The van der Waals surface area contributed by atoms with Crippen LogP contribution in [0.1, 0.15) is 19.8 Å². The average Bonchev–Trinajstić information content (AvgIpc) is 2.80. The van der Waals surface area contributed by atoms with Crippen LogP contribution in [0, 0.1) is 5.92 Å². The molecule has 3 heterocycles. The molecule has 0 radical (unpaired) electrons. The van der Waals surface area contributed by atoms with E-state index in [0.29, 0.717) is 11.6 Å². The third-order valence-electron chi connectivity index (χ3n) is 5.34. The lowest BCUT2D eigenvalue weighted by atomic mass is 9.96. The van der Waals surface area contributed by atoms with Gasteiger partial charge in [-0.25, -0.2) is 14.9 Å². The molecule has 3 aromatic rings. The summed E-state index contributed by atoms with van der Waals surface area (Å²) in [5.74, 6) is 0.381. The van der Waals surface area contributed by atoms with Crippen molar-refractivity contribution in [3.63, 3.8) is 0 Å². The zero-order valence-corrected chi connectivity index (χ0v) is 17.4. The normalized spacial score (nSPS) is 14.1. The van der Waals surface area contributed by atoms with Gasteiger partial charge in [0.05, 0.1) is 0 Å². The Labute approximate surface area is 181 Å². The fraction of sp³-hybridized carbons (Fsp3) is 0.250. The van der Waals surface area contributed by atoms with Gasteiger partial charge in [-0.15, -0.1) is 0 Å². The predicted molar refractivity (Wildman–Crippen MR) is 121 cm³/mol. The molecule has 0 atom stereocenters. The van der Waals surface area contributed by atoms with E-state index in [1.165, 1.54) is 11.8 Å². The van der Waals surface area contributed by atoms with Crippen molar-refractivity contribution in [1.29, 1.82) is 0 Å². The van der Waals surface area contributed by atoms with E-state index in [1.54, 1.807) is 18.5 Å². The number of nitrogens with zero attached hydrogens (tertiary/aromatic N) is 3. The van der Waals surface area contributed by atoms with Crippen molar-refractivity contribution >= 4 is 29.1 Å². The molecule has 2 N–H and O–H groups in total. The van der Waals surface area contributed by atoms with Crippen LogP contribution >= 0.6 is 0 Å². The van der Waals surface area contributed by atoms with Crippen molar-refractivity contribution < 1.29 is 9.59 Å². The molecular formula is C24H25N5O2. The van der Waals surface area contributed by atoms with Crippen molar-refractivity contribution in [2.75, 3.05) is 23.3 Å². The average molecular weight is 415 g/mol. The van der Waals surface area contributed by atoms with Gasteiger partial charge >= 0.3 is 0 Å². The van der Waals surface area contributed by atoms with E-state index >= 15 is 0 Å². The second-order valence-corrected chi connectivity index (χ2v) is 7.54. The molecular weight excluding hydrogens is 390 g/mol. The molecule has 1 aliphatic rings. The Morgan fingerprint density at radius 3 is 2.35 bits per heavy atom. The molecule has 1 fully saturated rings. The predicted octanol–water partition coefficient (Wildman–Crippen LogP) is 3.77. The van der Waals surface area contributed by atoms with Gasteiger partial charge in [0.2, 0.25) is 11.8 Å². The molecule has 2 aromatic heterocycles. The number of hydrogen-bond acceptors (Lipinski definition) is 6. The fourth-order valence-corrected chi connectivity index (χ4v) is 3.75. The number of para-hydroxylation sites is 1. The third kappa shape index (κ3) is 4.95. The number of rotatable bonds is 5. The second-order valence-electron chi connectivity index (χ2n) is 7.54. The number of anilines is 3. The first-order valence-corrected chi connectivity index (χ1v) is 10.4. The highest BCUT2D eigenvalue weighted by molar-refractivity contribution is 6.14. The number of pyridine rings is 2. The van der Waals surface area contributed by atoms with Crippen LogP contribution < -0.4 is 15.5 Å². The Balaban J connectivity index is 1.60. The van der Waals surface area contributed by atoms with Gasteiger partial charge in [-0.1, -0.05) is 18.2 Å². The molecule has 0 aliphatic carbocycles. The van der Waals surface area contributed by atoms with E-state index in [0.717, 1.165) is 42.7 Å². The van der Waals surface area contributed by atoms with Gasteiger partial charge in [0.1, 0.15) is 11.6 Å². The number of piperidine rings is 1. The van der Waals surface area contributed by atoms with E-state index in [2.05, 4.69) is 20.6 Å². The number of aromatic nitrogens is 2. The highest BCUT2D eigenvalue weighted by Crippen LogP contribution is 2.27. The number of hydrogen-bond donors (Lipinski definition) is 2. The van der Waals surface area contributed by atoms with Crippen LogP contribution in [-0.2, 0) is 9.59 Å². The van der Waals surface area contributed by atoms with E-state index in [-0.39, 0.29) is 17.7 Å². The fourth-order valence-electron chi connectivity index (χ4n) is 3.75. The maximum absolute atomic E-state index is 13.1. The van der Waals surface area contributed by atoms with Crippen LogP contribution in [0.4, 0.5) is 17.3 Å². The summed E-state index contributed by atoms with van der Waals surface area (Å²) in [6, 6.07) is 17.3. The summed E-state index contributed by atoms with van der Waals surface area (Å²) in [6.07, 6.45) is 4.80. The summed E-state index contributed by atoms with van der Waals surface area (Å²) in [5, 5.41) is 6.53. The largest absolute Gasteiger partial charge is 0.340 e. The Morgan fingerprint density at radius 1 is 0.968 bits per heavy atom. The van der Waals surface area contributed by atoms with Crippen LogP contribution in [-0.4, -0.2) is 34.9 Å². The minimum absolute atomic E-state index is 0.168. The van der Waals surface area contributed by atoms with Crippen molar-refractivity contribution in [2.45, 2.75) is 19.8 Å². The van der Waals surface area contributed by atoms with Crippen LogP contribution in [0.15, 0.2) is 67.0 Å². The molecule has 4 rings (SSSR count). The zero-order valence-electron chi connectivity index (χ0n) is 17.4. The molecule has 7 heteroatoms. The topological polar surface area (TPSA) is 87.2 Å². The summed E-state index contributed by atoms with van der Waals surface area (Å²) in [5.41, 5.74) is 2.71. The van der Waals surface area contributed by atoms with Gasteiger partial charge in [0, 0.05) is 30.9 Å². The van der Waals surface area contributed by atoms with E-state index < -0.39 is 0 Å². The highest BCUT2D eigenvalue weighted by atomic mass is 16.2. The SMILES string of the molecule is CC(=O)N(C(=O)C1CCNCC1)c1cc(-c2ccnc(Nc3ccccc3)c2)ccn1. The van der Waals surface area contributed by atoms with Crippen molar-refractivity contribution in [1.82, 2.24) is 15.3 Å². The number of benzene rings is 1. The highest BCUT2D eigenvalue weighted by Gasteiger charge is 2.30. The lowest BCUT2D eigenvalue weighted by Crippen LogP contribution is -2.43. The summed E-state index contributed by atoms with van der Waals surface area (Å²) >= 11 is 0. The standard InChI is InChI=1S/C24H25N5O2/c1-17(30)29(24(31)18-7-11-25-12-8-18)23-16-20(10-14-27-23)19-9-13-26-22(15-19)28-21-5-3-2-4-6-21/h2-6,9-10,13-16,18,25H,7-8,11-12H2,1H3,(H,26,28). The van der Waals surface area contributed by atoms with Crippen LogP contribution in [0.2, 0.25) is 0 Å². The Morgan fingerprint density at radius 2 is 1.65 bits per heavy atom. The number of nitrogens with one attached hydrogen (secondary N) is 2. The Bertz CT molecular complexity index is 1060. The molecule has 1 aliphatic heterocycles. The molecule has 0 saturated carbocycles. The summed E-state index contributed by atoms with van der Waals surface area (Å²) in [7, 11) is 0. The molecule has 0 spiro atoms. The first-order chi connectivity index (χ1) is 15.1. The first-order valence-electron chi connectivity index (χ1n) is 10.4. The third-order valence-corrected chi connectivity index (χ3v) is 5.34. The summed E-state index contributed by atoms with van der Waals surface area (Å²) in [4.78, 5) is 35.4. The number of carbonyl (C=O) groups is 2. The molecule has 1 aromatic carbocycles. The van der Waals surface area contributed by atoms with Gasteiger partial charge in [0.25, 0.3) is 0 Å². The molecule has 1 saturated heterocycles. The first kappa shape index (κ1) is 20.7. The molecule has 7 nitrogen and oxygen atoms in total. The Hall–Kier alpha value is -3.58. The lowest BCUT2D eigenvalue weighted by molar-refractivity contribution is -0.128. The quantitative estimate of drug-likeness (QED) is 0.660. The van der Waals surface area contributed by atoms with Gasteiger partial charge < -0.3 is 10.6 Å². The van der Waals surface area contributed by atoms with Gasteiger partial charge in [-0.05, 0) is 73.5 Å². The number of amides is 2. The minimum atomic E-state index is -0.325. The van der Waals surface area contributed by atoms with E-state index in [1.807, 2.05) is 48.5 Å². The monoisotopic (exact) mass is 415 g/mol. The second kappa shape index (κ2) is 9.49. The van der Waals surface area contributed by atoms with Crippen LogP contribution in [0.5, 0.6) is 0 Å². The van der Waals surface area contributed by atoms with Gasteiger partial charge in [-0.2, -0.15) is 0 Å². The van der Waals surface area contributed by atoms with Gasteiger partial charge in [0.15, 0.2) is 0 Å². The van der Waals surface area contributed by atoms with Crippen LogP contribution in [0.25, 0.3) is 11.1 Å². The molecule has 2 amide bonds. The Kier molecular flexibility index (Phi) is 6.33. The maximum atomic E-state index is 13.1.